The van der Waals surface area contributed by atoms with Gasteiger partial charge >= 0.3 is 0 Å². The van der Waals surface area contributed by atoms with E-state index in [1.54, 1.807) is 30.6 Å². The van der Waals surface area contributed by atoms with E-state index in [0.29, 0.717) is 28.4 Å². The second kappa shape index (κ2) is 7.48. The average Bonchev–Trinajstić information content (AvgIpc) is 2.64. The summed E-state index contributed by atoms with van der Waals surface area (Å²) in [6.07, 6.45) is 5.18. The van der Waals surface area contributed by atoms with Gasteiger partial charge in [0.05, 0.1) is 23.9 Å². The predicted octanol–water partition coefficient (Wildman–Crippen LogP) is 1.56. The molecule has 3 N–H and O–H groups in total. The molecule has 1 aliphatic heterocycles. The number of nitrogen functional groups attached to an aromatic ring is 1. The van der Waals surface area contributed by atoms with Crippen molar-refractivity contribution in [3.8, 4) is 17.1 Å². The number of anilines is 1. The van der Waals surface area contributed by atoms with Crippen molar-refractivity contribution >= 4 is 11.6 Å². The summed E-state index contributed by atoms with van der Waals surface area (Å²) in [7, 11) is 3.61. The van der Waals surface area contributed by atoms with Gasteiger partial charge in [0.2, 0.25) is 0 Å². The van der Waals surface area contributed by atoms with Gasteiger partial charge < -0.3 is 20.7 Å². The molecule has 0 aliphatic carbocycles. The maximum absolute atomic E-state index is 12.6. The molecule has 1 aromatic carbocycles. The number of carbonyl (C=O) groups excluding carboxylic acids is 1. The van der Waals surface area contributed by atoms with Crippen LogP contribution in [0, 0.1) is 0 Å². The number of nitrogens with one attached hydrogen (secondary N) is 1. The first-order valence-corrected chi connectivity index (χ1v) is 8.33. The number of nitrogens with zero attached hydrogens (tertiary/aromatic N) is 3. The van der Waals surface area contributed by atoms with Crippen molar-refractivity contribution < 1.29 is 9.53 Å². The van der Waals surface area contributed by atoms with Crippen molar-refractivity contribution in [3.05, 3.63) is 36.2 Å². The van der Waals surface area contributed by atoms with Gasteiger partial charge in [0, 0.05) is 18.4 Å². The fraction of sp³-hybridized carbons (Fsp3) is 0.389. The maximum atomic E-state index is 12.6. The Labute approximate surface area is 147 Å². The average molecular weight is 341 g/mol. The van der Waals surface area contributed by atoms with Crippen LogP contribution in [0.5, 0.6) is 5.75 Å². The standard InChI is InChI=1S/C18H23N5O2/c1-23-10-6-12(7-11-23)22-18(24)13-4-5-14(16(25-2)15(13)19)17-20-8-3-9-21-17/h3-5,8-9,12H,6-7,10-11,19H2,1-2H3,(H,22,24). The maximum Gasteiger partial charge on any atom is 0.253 e. The Morgan fingerprint density at radius 1 is 1.28 bits per heavy atom. The van der Waals surface area contributed by atoms with Gasteiger partial charge in [0.15, 0.2) is 11.6 Å². The smallest absolute Gasteiger partial charge is 0.253 e. The molecule has 7 heteroatoms. The van der Waals surface area contributed by atoms with E-state index in [9.17, 15) is 4.79 Å². The predicted molar refractivity (Wildman–Crippen MR) is 96.4 cm³/mol. The second-order valence-corrected chi connectivity index (χ2v) is 6.23. The molecule has 1 saturated heterocycles. The van der Waals surface area contributed by atoms with E-state index in [2.05, 4.69) is 27.2 Å². The lowest BCUT2D eigenvalue weighted by Crippen LogP contribution is -2.43. The highest BCUT2D eigenvalue weighted by atomic mass is 16.5. The van der Waals surface area contributed by atoms with Crippen molar-refractivity contribution in [3.63, 3.8) is 0 Å². The van der Waals surface area contributed by atoms with Gasteiger partial charge in [-0.25, -0.2) is 9.97 Å². The van der Waals surface area contributed by atoms with Gasteiger partial charge in [-0.3, -0.25) is 4.79 Å². The van der Waals surface area contributed by atoms with Gasteiger partial charge in [-0.15, -0.1) is 0 Å². The van der Waals surface area contributed by atoms with Crippen LogP contribution >= 0.6 is 0 Å². The molecule has 1 fully saturated rings. The Morgan fingerprint density at radius 3 is 2.60 bits per heavy atom. The number of methoxy groups -OCH3 is 1. The molecule has 0 atom stereocenters. The van der Waals surface area contributed by atoms with Gasteiger partial charge in [0.1, 0.15) is 0 Å². The largest absolute Gasteiger partial charge is 0.494 e. The third-order valence-electron chi connectivity index (χ3n) is 4.51. The number of hydrogen-bond acceptors (Lipinski definition) is 6. The molecule has 0 bridgehead atoms. The normalized spacial score (nSPS) is 15.8. The molecule has 0 spiro atoms. The van der Waals surface area contributed by atoms with Crippen LogP contribution in [-0.4, -0.2) is 54.1 Å². The number of ether oxygens (including phenoxy) is 1. The quantitative estimate of drug-likeness (QED) is 0.820. The molecule has 1 amide bonds. The summed E-state index contributed by atoms with van der Waals surface area (Å²) in [5.74, 6) is 0.751. The third-order valence-corrected chi connectivity index (χ3v) is 4.51. The number of benzene rings is 1. The summed E-state index contributed by atoms with van der Waals surface area (Å²) in [4.78, 5) is 23.3. The Hall–Kier alpha value is -2.67. The second-order valence-electron chi connectivity index (χ2n) is 6.23. The zero-order chi connectivity index (χ0) is 17.8. The van der Waals surface area contributed by atoms with Crippen LogP contribution in [0.4, 0.5) is 5.69 Å². The van der Waals surface area contributed by atoms with Crippen LogP contribution < -0.4 is 15.8 Å². The Balaban J connectivity index is 1.84. The van der Waals surface area contributed by atoms with Crippen molar-refractivity contribution in [2.75, 3.05) is 33.0 Å². The first-order chi connectivity index (χ1) is 12.1. The molecular weight excluding hydrogens is 318 g/mol. The minimum atomic E-state index is -0.175. The van der Waals surface area contributed by atoms with E-state index >= 15 is 0 Å². The molecule has 0 unspecified atom stereocenters. The Morgan fingerprint density at radius 2 is 1.96 bits per heavy atom. The molecule has 7 nitrogen and oxygen atoms in total. The third kappa shape index (κ3) is 3.71. The zero-order valence-corrected chi connectivity index (χ0v) is 14.5. The summed E-state index contributed by atoms with van der Waals surface area (Å²) >= 11 is 0. The summed E-state index contributed by atoms with van der Waals surface area (Å²) < 4.78 is 5.43. The first-order valence-electron chi connectivity index (χ1n) is 8.33. The van der Waals surface area contributed by atoms with Crippen molar-refractivity contribution in [2.24, 2.45) is 0 Å². The zero-order valence-electron chi connectivity index (χ0n) is 14.5. The molecule has 1 aliphatic rings. The van der Waals surface area contributed by atoms with Crippen LogP contribution in [0.1, 0.15) is 23.2 Å². The molecule has 132 valence electrons. The lowest BCUT2D eigenvalue weighted by atomic mass is 10.0. The number of hydrogen-bond donors (Lipinski definition) is 2. The number of nitrogens with two attached hydrogens (primary N) is 1. The van der Waals surface area contributed by atoms with Crippen molar-refractivity contribution in [2.45, 2.75) is 18.9 Å². The van der Waals surface area contributed by atoms with Crippen LogP contribution in [0.2, 0.25) is 0 Å². The number of rotatable bonds is 4. The molecule has 25 heavy (non-hydrogen) atoms. The first kappa shape index (κ1) is 17.2. The number of piperidine rings is 1. The number of aromatic nitrogens is 2. The fourth-order valence-corrected chi connectivity index (χ4v) is 3.05. The molecular formula is C18H23N5O2. The van der Waals surface area contributed by atoms with E-state index in [1.807, 2.05) is 0 Å². The monoisotopic (exact) mass is 341 g/mol. The van der Waals surface area contributed by atoms with Crippen molar-refractivity contribution in [1.82, 2.24) is 20.2 Å². The summed E-state index contributed by atoms with van der Waals surface area (Å²) in [6, 6.07) is 5.39. The topological polar surface area (TPSA) is 93.4 Å². The lowest BCUT2D eigenvalue weighted by Gasteiger charge is -2.29. The highest BCUT2D eigenvalue weighted by molar-refractivity contribution is 6.02. The molecule has 2 aromatic rings. The number of amides is 1. The van der Waals surface area contributed by atoms with E-state index in [1.165, 1.54) is 7.11 Å². The minimum absolute atomic E-state index is 0.172. The summed E-state index contributed by atoms with van der Waals surface area (Å²) in [5, 5.41) is 3.07. The lowest BCUT2D eigenvalue weighted by molar-refractivity contribution is 0.0917. The van der Waals surface area contributed by atoms with Gasteiger partial charge in [-0.1, -0.05) is 0 Å². The number of carbonyl (C=O) groups is 1. The van der Waals surface area contributed by atoms with Crippen LogP contribution in [0.3, 0.4) is 0 Å². The van der Waals surface area contributed by atoms with Crippen molar-refractivity contribution in [1.29, 1.82) is 0 Å². The highest BCUT2D eigenvalue weighted by Crippen LogP contribution is 2.35. The highest BCUT2D eigenvalue weighted by Gasteiger charge is 2.23. The fourth-order valence-electron chi connectivity index (χ4n) is 3.05. The van der Waals surface area contributed by atoms with E-state index < -0.39 is 0 Å². The van der Waals surface area contributed by atoms with Gasteiger partial charge in [0.25, 0.3) is 5.91 Å². The van der Waals surface area contributed by atoms with Crippen LogP contribution in [-0.2, 0) is 0 Å². The molecule has 3 rings (SSSR count). The molecule has 2 heterocycles. The molecule has 0 saturated carbocycles. The van der Waals surface area contributed by atoms with Gasteiger partial charge in [-0.2, -0.15) is 0 Å². The van der Waals surface area contributed by atoms with E-state index in [0.717, 1.165) is 25.9 Å². The van der Waals surface area contributed by atoms with Gasteiger partial charge in [-0.05, 0) is 51.2 Å². The Kier molecular flexibility index (Phi) is 5.14. The minimum Gasteiger partial charge on any atom is -0.494 e. The SMILES string of the molecule is COc1c(-c2ncccn2)ccc(C(=O)NC2CCN(C)CC2)c1N. The number of likely N-dealkylation sites (tertiary alicyclic amines) is 1. The van der Waals surface area contributed by atoms with Crippen LogP contribution in [0.25, 0.3) is 11.4 Å². The summed E-state index contributed by atoms with van der Waals surface area (Å²) in [5.41, 5.74) is 7.59. The van der Waals surface area contributed by atoms with E-state index in [4.69, 9.17) is 10.5 Å². The van der Waals surface area contributed by atoms with Crippen LogP contribution in [0.15, 0.2) is 30.6 Å². The Bertz CT molecular complexity index is 743. The molecule has 1 aromatic heterocycles. The summed E-state index contributed by atoms with van der Waals surface area (Å²) in [6.45, 7) is 1.96. The molecule has 0 radical (unpaired) electrons. The van der Waals surface area contributed by atoms with E-state index in [-0.39, 0.29) is 11.9 Å².